The fourth-order valence-electron chi connectivity index (χ4n) is 9.14. The maximum Gasteiger partial charge on any atom is 0.416 e. The average molecular weight is 1230 g/mol. The first kappa shape index (κ1) is 63.9. The minimum Gasteiger partial charge on any atom is -0.405 e. The van der Waals surface area contributed by atoms with Crippen LogP contribution < -0.4 is 31.2 Å². The van der Waals surface area contributed by atoms with Crippen LogP contribution in [0.3, 0.4) is 0 Å². The highest BCUT2D eigenvalue weighted by Gasteiger charge is 2.47. The molecule has 0 aliphatic rings. The molecule has 85 heavy (non-hydrogen) atoms. The number of pyridine rings is 1. The summed E-state index contributed by atoms with van der Waals surface area (Å²) >= 11 is 0. The number of nitrogens with zero attached hydrogens (tertiary/aromatic N) is 2. The summed E-state index contributed by atoms with van der Waals surface area (Å²) in [5.74, 6) is 1.18. The third-order valence-electron chi connectivity index (χ3n) is 12.9. The van der Waals surface area contributed by atoms with Crippen LogP contribution in [0.2, 0.25) is 0 Å². The topological polar surface area (TPSA) is 54.0 Å². The SMILES string of the molecule is FC(F)(F)c1cc([B-](c2cc(C(F)(F)F)cc(C(F)(F)F)c2)(c2cc(C(F)(F)F)cc(C(F)(F)F)c2)c2cc(C(F)(F)F)cc(C(F)(F)F)c2)cc(C(F)(F)F)c1.N#Cc1ccc(Oc2ccc3ccccc3[n+]2CC(=O)c2ccccc2)cc1. The molecule has 0 amide bonds. The number of aromatic nitrogens is 1. The Bertz CT molecular complexity index is 3380. The zero-order chi connectivity index (χ0) is 63.3. The van der Waals surface area contributed by atoms with Crippen LogP contribution in [0, 0.1) is 11.3 Å². The Balaban J connectivity index is 0.000000306. The molecule has 4 nitrogen and oxygen atoms in total. The van der Waals surface area contributed by atoms with E-state index in [9.17, 15) is 110 Å². The van der Waals surface area contributed by atoms with Gasteiger partial charge in [0, 0.05) is 17.0 Å². The molecule has 1 aromatic heterocycles. The van der Waals surface area contributed by atoms with Crippen LogP contribution in [0.15, 0.2) is 164 Å². The molecular weight excluding hydrogens is 1200 g/mol. The number of halogens is 24. The van der Waals surface area contributed by atoms with Crippen molar-refractivity contribution in [2.75, 3.05) is 0 Å². The monoisotopic (exact) mass is 1230 g/mol. The van der Waals surface area contributed by atoms with Gasteiger partial charge in [0.2, 0.25) is 17.8 Å². The summed E-state index contributed by atoms with van der Waals surface area (Å²) < 4.78 is 349. The van der Waals surface area contributed by atoms with Gasteiger partial charge in [-0.2, -0.15) is 137 Å². The molecule has 0 N–H and O–H groups in total. The van der Waals surface area contributed by atoms with Crippen molar-refractivity contribution in [1.29, 1.82) is 5.26 Å². The number of hydrogen-bond acceptors (Lipinski definition) is 3. The molecule has 0 aliphatic carbocycles. The summed E-state index contributed by atoms with van der Waals surface area (Å²) in [6.45, 7) is 0.164. The van der Waals surface area contributed by atoms with E-state index < -0.39 is 195 Å². The van der Waals surface area contributed by atoms with Crippen molar-refractivity contribution in [3.8, 4) is 17.7 Å². The highest BCUT2D eigenvalue weighted by atomic mass is 19.4. The van der Waals surface area contributed by atoms with Gasteiger partial charge in [0.05, 0.1) is 62.2 Å². The molecule has 0 saturated carbocycles. The van der Waals surface area contributed by atoms with Crippen molar-refractivity contribution in [2.24, 2.45) is 0 Å². The van der Waals surface area contributed by atoms with E-state index in [4.69, 9.17) is 10.00 Å². The molecule has 0 unspecified atom stereocenters. The fourth-order valence-corrected chi connectivity index (χ4v) is 9.14. The van der Waals surface area contributed by atoms with E-state index in [2.05, 4.69) is 6.07 Å². The number of benzene rings is 7. The Morgan fingerprint density at radius 1 is 0.388 bits per heavy atom. The number of carbonyl (C=O) groups excluding carboxylic acids is 1. The van der Waals surface area contributed by atoms with Crippen LogP contribution in [-0.4, -0.2) is 11.9 Å². The van der Waals surface area contributed by atoms with Gasteiger partial charge < -0.3 is 4.74 Å². The smallest absolute Gasteiger partial charge is 0.405 e. The maximum atomic E-state index is 14.2. The molecule has 0 fully saturated rings. The summed E-state index contributed by atoms with van der Waals surface area (Å²) in [4.78, 5) is 12.8. The van der Waals surface area contributed by atoms with Crippen molar-refractivity contribution < 1.29 is 119 Å². The van der Waals surface area contributed by atoms with Gasteiger partial charge in [-0.3, -0.25) is 4.79 Å². The minimum atomic E-state index is -6.13. The molecule has 0 bridgehead atoms. The number of nitriles is 1. The Labute approximate surface area is 461 Å². The van der Waals surface area contributed by atoms with Crippen LogP contribution in [-0.2, 0) is 56.0 Å². The Morgan fingerprint density at radius 3 is 1.00 bits per heavy atom. The molecule has 8 rings (SSSR count). The number of carbonyl (C=O) groups is 1. The lowest BCUT2D eigenvalue weighted by atomic mass is 9.12. The van der Waals surface area contributed by atoms with Gasteiger partial charge >= 0.3 is 55.3 Å². The quantitative estimate of drug-likeness (QED) is 0.0626. The summed E-state index contributed by atoms with van der Waals surface area (Å²) in [5, 5.41) is 9.98. The number of fused-ring (bicyclic) bond motifs is 1. The largest absolute Gasteiger partial charge is 0.416 e. The Morgan fingerprint density at radius 2 is 0.694 bits per heavy atom. The van der Waals surface area contributed by atoms with Crippen LogP contribution in [0.25, 0.3) is 10.9 Å². The highest BCUT2D eigenvalue weighted by Crippen LogP contribution is 2.42. The van der Waals surface area contributed by atoms with Crippen LogP contribution in [0.1, 0.15) is 60.4 Å². The molecule has 0 radical (unpaired) electrons. The lowest BCUT2D eigenvalue weighted by Crippen LogP contribution is -2.75. The van der Waals surface area contributed by atoms with Gasteiger partial charge in [0.25, 0.3) is 0 Å². The molecule has 0 aliphatic heterocycles. The molecule has 0 atom stereocenters. The predicted octanol–water partition coefficient (Wildman–Crippen LogP) is 15.9. The molecule has 446 valence electrons. The second-order valence-corrected chi connectivity index (χ2v) is 18.6. The molecule has 0 spiro atoms. The number of para-hydroxylation sites is 1. The van der Waals surface area contributed by atoms with E-state index >= 15 is 0 Å². The first-order chi connectivity index (χ1) is 39.0. The van der Waals surface area contributed by atoms with Crippen LogP contribution in [0.5, 0.6) is 11.6 Å². The molecular formula is C56H29BF24N2O2. The normalized spacial score (nSPS) is 13.0. The van der Waals surface area contributed by atoms with E-state index in [1.165, 1.54) is 0 Å². The zero-order valence-electron chi connectivity index (χ0n) is 41.7. The van der Waals surface area contributed by atoms with Gasteiger partial charge in [0.1, 0.15) is 11.9 Å². The lowest BCUT2D eigenvalue weighted by Gasteiger charge is -2.46. The van der Waals surface area contributed by atoms with E-state index in [1.807, 2.05) is 71.3 Å². The van der Waals surface area contributed by atoms with Crippen molar-refractivity contribution in [3.05, 3.63) is 219 Å². The highest BCUT2D eigenvalue weighted by molar-refractivity contribution is 7.20. The van der Waals surface area contributed by atoms with Crippen molar-refractivity contribution in [1.82, 2.24) is 0 Å². The number of ether oxygens (including phenoxy) is 1. The van der Waals surface area contributed by atoms with Crippen molar-refractivity contribution in [2.45, 2.75) is 56.0 Å². The first-order valence-corrected chi connectivity index (χ1v) is 23.5. The predicted molar refractivity (Wildman–Crippen MR) is 256 cm³/mol. The molecule has 1 heterocycles. The molecule has 29 heteroatoms. The van der Waals surface area contributed by atoms with Crippen LogP contribution in [0.4, 0.5) is 105 Å². The van der Waals surface area contributed by atoms with E-state index in [0.29, 0.717) is 22.8 Å². The van der Waals surface area contributed by atoms with Gasteiger partial charge in [0.15, 0.2) is 0 Å². The summed E-state index contributed by atoms with van der Waals surface area (Å²) in [6.07, 6.45) is -54.8. The summed E-state index contributed by atoms with van der Waals surface area (Å²) in [5.41, 5.74) is -28.1. The number of alkyl halides is 24. The van der Waals surface area contributed by atoms with Gasteiger partial charge in [-0.25, -0.2) is 0 Å². The zero-order valence-corrected chi connectivity index (χ0v) is 41.7. The number of Topliss-reactive ketones (excluding diaryl/α,β-unsaturated/α-hetero) is 1. The lowest BCUT2D eigenvalue weighted by molar-refractivity contribution is -0.661. The number of ketones is 1. The summed E-state index contributed by atoms with van der Waals surface area (Å²) in [7, 11) is 0. The first-order valence-electron chi connectivity index (χ1n) is 23.5. The van der Waals surface area contributed by atoms with Crippen molar-refractivity contribution >= 4 is 44.7 Å². The summed E-state index contributed by atoms with van der Waals surface area (Å²) in [6, 6.07) is 21.1. The van der Waals surface area contributed by atoms with E-state index in [-0.39, 0.29) is 12.3 Å². The molecule has 8 aromatic rings. The Kier molecular flexibility index (Phi) is 17.1. The Hall–Kier alpha value is -8.71. The third-order valence-corrected chi connectivity index (χ3v) is 12.9. The minimum absolute atomic E-state index is 0.00614. The standard InChI is InChI=1S/C32H12BF24.C24H17N2O2/c34-25(35,36)13-1-14(26(37,38)39)6-21(5-13)33(22-7-15(27(40,41)42)2-16(8-22)28(43,44)45,23-9-17(29(46,47)48)3-18(10-23)30(49,50)51)24-11-19(31(52,53)54)4-20(12-24)32(55,56)57;25-16-18-10-13-21(14-11-18)28-24-15-12-19-6-4-5-9-22(19)26(24)17-23(27)20-7-2-1-3-8-20/h1-12H;1-15H,17H2/q-1;+1. The van der Waals surface area contributed by atoms with E-state index in [1.54, 1.807) is 24.3 Å². The number of hydrogen-bond donors (Lipinski definition) is 0. The fraction of sp³-hybridized carbons (Fsp3) is 0.161. The van der Waals surface area contributed by atoms with Crippen LogP contribution >= 0.6 is 0 Å². The van der Waals surface area contributed by atoms with Gasteiger partial charge in [-0.05, 0) is 60.7 Å². The van der Waals surface area contributed by atoms with Crippen molar-refractivity contribution in [3.63, 3.8) is 0 Å². The van der Waals surface area contributed by atoms with E-state index in [0.717, 1.165) is 10.9 Å². The second kappa shape index (κ2) is 22.7. The molecule has 0 saturated heterocycles. The second-order valence-electron chi connectivity index (χ2n) is 18.6. The van der Waals surface area contributed by atoms with Gasteiger partial charge in [-0.1, -0.05) is 91.0 Å². The maximum absolute atomic E-state index is 14.2. The average Bonchev–Trinajstić information content (AvgIpc) is 1.11. The number of rotatable bonds is 9. The molecule has 7 aromatic carbocycles. The van der Waals surface area contributed by atoms with Gasteiger partial charge in [-0.15, -0.1) is 0 Å². The third kappa shape index (κ3) is 14.5.